The van der Waals surface area contributed by atoms with Crippen LogP contribution in [0, 0.1) is 6.92 Å². The molecule has 174 valence electrons. The van der Waals surface area contributed by atoms with Crippen LogP contribution in [0.1, 0.15) is 30.9 Å². The van der Waals surface area contributed by atoms with E-state index >= 15 is 0 Å². The number of benzene rings is 1. The number of hydrogen-bond donors (Lipinski definition) is 2. The van der Waals surface area contributed by atoms with Crippen LogP contribution < -0.4 is 5.32 Å². The average molecular weight is 478 g/mol. The lowest BCUT2D eigenvalue weighted by Gasteiger charge is -2.15. The Balaban J connectivity index is 1.61. The van der Waals surface area contributed by atoms with Crippen molar-refractivity contribution < 1.29 is 9.21 Å². The lowest BCUT2D eigenvalue weighted by atomic mass is 10.1. The molecule has 4 aromatic rings. The van der Waals surface area contributed by atoms with Gasteiger partial charge in [0, 0.05) is 30.8 Å². The van der Waals surface area contributed by atoms with E-state index in [1.807, 2.05) is 19.1 Å². The van der Waals surface area contributed by atoms with Crippen molar-refractivity contribution >= 4 is 23.3 Å². The number of carbonyl (C=O) groups is 1. The molecule has 3 aromatic heterocycles. The van der Waals surface area contributed by atoms with Gasteiger partial charge in [0.15, 0.2) is 11.6 Å². The first-order chi connectivity index (χ1) is 16.5. The first-order valence-electron chi connectivity index (χ1n) is 11.1. The van der Waals surface area contributed by atoms with Crippen molar-refractivity contribution in [2.45, 2.75) is 33.2 Å². The lowest BCUT2D eigenvalue weighted by Crippen LogP contribution is -2.18. The minimum atomic E-state index is -0.209. The van der Waals surface area contributed by atoms with Gasteiger partial charge in [-0.1, -0.05) is 17.7 Å². The summed E-state index contributed by atoms with van der Waals surface area (Å²) in [4.78, 5) is 26.0. The number of aromatic amines is 1. The van der Waals surface area contributed by atoms with E-state index in [1.165, 1.54) is 26.1 Å². The van der Waals surface area contributed by atoms with Crippen molar-refractivity contribution in [3.05, 3.63) is 52.9 Å². The highest BCUT2D eigenvalue weighted by atomic mass is 35.5. The molecule has 1 aliphatic rings. The van der Waals surface area contributed by atoms with Crippen molar-refractivity contribution in [1.82, 2.24) is 30.0 Å². The Kier molecular flexibility index (Phi) is 6.12. The SMILES string of the molecule is CC(=O)Nc1cc(-c2nc(-c3cc(CN4CCCC4)ccc3Cl)c(-c3nnc[nH]3)o2)c(C)cn1. The predicted molar refractivity (Wildman–Crippen MR) is 129 cm³/mol. The summed E-state index contributed by atoms with van der Waals surface area (Å²) in [5, 5.41) is 11.3. The molecule has 1 aliphatic heterocycles. The number of amides is 1. The molecular formula is C24H24ClN7O2. The Labute approximate surface area is 201 Å². The maximum atomic E-state index is 11.5. The van der Waals surface area contributed by atoms with Gasteiger partial charge in [-0.15, -0.1) is 10.2 Å². The zero-order chi connectivity index (χ0) is 23.7. The van der Waals surface area contributed by atoms with E-state index in [1.54, 1.807) is 12.3 Å². The van der Waals surface area contributed by atoms with Crippen LogP contribution in [0.4, 0.5) is 5.82 Å². The van der Waals surface area contributed by atoms with Crippen molar-refractivity contribution in [2.24, 2.45) is 0 Å². The van der Waals surface area contributed by atoms with Gasteiger partial charge in [-0.25, -0.2) is 9.97 Å². The Bertz CT molecular complexity index is 1330. The topological polar surface area (TPSA) is 113 Å². The molecule has 0 aliphatic carbocycles. The number of pyridine rings is 1. The number of aromatic nitrogens is 5. The van der Waals surface area contributed by atoms with Crippen LogP contribution in [0.3, 0.4) is 0 Å². The van der Waals surface area contributed by atoms with Gasteiger partial charge in [0.25, 0.3) is 0 Å². The van der Waals surface area contributed by atoms with E-state index in [4.69, 9.17) is 21.0 Å². The highest BCUT2D eigenvalue weighted by molar-refractivity contribution is 6.33. The Hall–Kier alpha value is -3.56. The standard InChI is InChI=1S/C24H24ClN7O2/c1-14-11-26-20(29-15(2)33)10-17(14)24-30-21(22(34-24)23-27-13-28-31-23)18-9-16(5-6-19(18)25)12-32-7-3-4-8-32/h5-6,9-11,13H,3-4,7-8,12H2,1-2H3,(H,26,29,33)(H,27,28,31). The zero-order valence-electron chi connectivity index (χ0n) is 18.9. The highest BCUT2D eigenvalue weighted by Gasteiger charge is 2.24. The van der Waals surface area contributed by atoms with Crippen molar-refractivity contribution in [2.75, 3.05) is 18.4 Å². The summed E-state index contributed by atoms with van der Waals surface area (Å²) in [6, 6.07) is 7.74. The van der Waals surface area contributed by atoms with Crippen LogP contribution in [-0.2, 0) is 11.3 Å². The second kappa shape index (κ2) is 9.36. The van der Waals surface area contributed by atoms with Gasteiger partial charge in [-0.2, -0.15) is 0 Å². The molecule has 10 heteroatoms. The third-order valence-electron chi connectivity index (χ3n) is 5.79. The van der Waals surface area contributed by atoms with Crippen molar-refractivity contribution in [1.29, 1.82) is 0 Å². The normalized spacial score (nSPS) is 14.0. The minimum absolute atomic E-state index is 0.209. The number of nitrogens with one attached hydrogen (secondary N) is 2. The number of carbonyl (C=O) groups excluding carboxylic acids is 1. The molecule has 2 N–H and O–H groups in total. The number of nitrogens with zero attached hydrogens (tertiary/aromatic N) is 5. The van der Waals surface area contributed by atoms with E-state index in [0.29, 0.717) is 39.6 Å². The van der Waals surface area contributed by atoms with Gasteiger partial charge >= 0.3 is 0 Å². The summed E-state index contributed by atoms with van der Waals surface area (Å²) in [5.74, 6) is 1.46. The van der Waals surface area contributed by atoms with Crippen LogP contribution in [0.15, 0.2) is 41.2 Å². The van der Waals surface area contributed by atoms with Gasteiger partial charge in [-0.05, 0) is 62.2 Å². The zero-order valence-corrected chi connectivity index (χ0v) is 19.7. The second-order valence-corrected chi connectivity index (χ2v) is 8.80. The first kappa shape index (κ1) is 22.2. The Morgan fingerprint density at radius 1 is 1.24 bits per heavy atom. The van der Waals surface area contributed by atoms with Crippen molar-refractivity contribution in [3.63, 3.8) is 0 Å². The first-order valence-corrected chi connectivity index (χ1v) is 11.5. The molecule has 0 spiro atoms. The third kappa shape index (κ3) is 4.57. The van der Waals surface area contributed by atoms with Crippen LogP contribution in [-0.4, -0.2) is 49.0 Å². The molecule has 34 heavy (non-hydrogen) atoms. The van der Waals surface area contributed by atoms with Crippen LogP contribution in [0.2, 0.25) is 5.02 Å². The van der Waals surface area contributed by atoms with Gasteiger partial charge < -0.3 is 14.7 Å². The van der Waals surface area contributed by atoms with Crippen LogP contribution in [0.5, 0.6) is 0 Å². The summed E-state index contributed by atoms with van der Waals surface area (Å²) in [5.41, 5.74) is 4.03. The maximum absolute atomic E-state index is 11.5. The largest absolute Gasteiger partial charge is 0.432 e. The Morgan fingerprint density at radius 3 is 2.79 bits per heavy atom. The number of H-pyrrole nitrogens is 1. The molecule has 1 aromatic carbocycles. The summed E-state index contributed by atoms with van der Waals surface area (Å²) in [7, 11) is 0. The molecule has 0 atom stereocenters. The second-order valence-electron chi connectivity index (χ2n) is 8.40. The van der Waals surface area contributed by atoms with Gasteiger partial charge in [-0.3, -0.25) is 9.69 Å². The van der Waals surface area contributed by atoms with E-state index in [0.717, 1.165) is 36.3 Å². The number of anilines is 1. The molecule has 1 amide bonds. The van der Waals surface area contributed by atoms with E-state index in [2.05, 4.69) is 36.4 Å². The lowest BCUT2D eigenvalue weighted by molar-refractivity contribution is -0.114. The molecule has 0 unspecified atom stereocenters. The van der Waals surface area contributed by atoms with Crippen LogP contribution in [0.25, 0.3) is 34.3 Å². The quantitative estimate of drug-likeness (QED) is 0.413. The van der Waals surface area contributed by atoms with Gasteiger partial charge in [0.05, 0.1) is 5.02 Å². The third-order valence-corrected chi connectivity index (χ3v) is 6.12. The molecule has 0 bridgehead atoms. The summed E-state index contributed by atoms with van der Waals surface area (Å²) < 4.78 is 6.21. The molecular weight excluding hydrogens is 454 g/mol. The molecule has 1 saturated heterocycles. The average Bonchev–Trinajstić information content (AvgIpc) is 3.58. The summed E-state index contributed by atoms with van der Waals surface area (Å²) in [6.45, 7) is 6.40. The number of rotatable bonds is 6. The molecule has 4 heterocycles. The van der Waals surface area contributed by atoms with E-state index < -0.39 is 0 Å². The number of likely N-dealkylation sites (tertiary alicyclic amines) is 1. The molecule has 1 fully saturated rings. The van der Waals surface area contributed by atoms with Gasteiger partial charge in [0.1, 0.15) is 17.8 Å². The predicted octanol–water partition coefficient (Wildman–Crippen LogP) is 4.70. The molecule has 5 rings (SSSR count). The molecule has 0 radical (unpaired) electrons. The Morgan fingerprint density at radius 2 is 2.06 bits per heavy atom. The fourth-order valence-electron chi connectivity index (χ4n) is 4.15. The van der Waals surface area contributed by atoms with Crippen molar-refractivity contribution in [3.8, 4) is 34.3 Å². The number of aryl methyl sites for hydroxylation is 1. The maximum Gasteiger partial charge on any atom is 0.228 e. The fraction of sp³-hybridized carbons (Fsp3) is 0.292. The van der Waals surface area contributed by atoms with Gasteiger partial charge in [0.2, 0.25) is 11.8 Å². The number of hydrogen-bond acceptors (Lipinski definition) is 7. The van der Waals surface area contributed by atoms with E-state index in [-0.39, 0.29) is 5.91 Å². The monoisotopic (exact) mass is 477 g/mol. The summed E-state index contributed by atoms with van der Waals surface area (Å²) in [6.07, 6.45) is 5.62. The summed E-state index contributed by atoms with van der Waals surface area (Å²) >= 11 is 6.65. The van der Waals surface area contributed by atoms with Crippen LogP contribution >= 0.6 is 11.6 Å². The minimum Gasteiger partial charge on any atom is -0.432 e. The fourth-order valence-corrected chi connectivity index (χ4v) is 4.36. The molecule has 0 saturated carbocycles. The smallest absolute Gasteiger partial charge is 0.228 e. The van der Waals surface area contributed by atoms with E-state index in [9.17, 15) is 4.79 Å². The molecule has 9 nitrogen and oxygen atoms in total. The number of oxazole rings is 1. The number of halogens is 1. The highest BCUT2D eigenvalue weighted by Crippen LogP contribution is 2.39.